The van der Waals surface area contributed by atoms with E-state index in [4.69, 9.17) is 9.47 Å². The van der Waals surface area contributed by atoms with E-state index in [1.54, 1.807) is 6.92 Å². The molecule has 1 N–H and O–H groups in total. The van der Waals surface area contributed by atoms with Crippen LogP contribution in [0.1, 0.15) is 65.2 Å². The van der Waals surface area contributed by atoms with Gasteiger partial charge in [0.2, 0.25) is 0 Å². The summed E-state index contributed by atoms with van der Waals surface area (Å²) in [7, 11) is 0. The van der Waals surface area contributed by atoms with E-state index in [0.717, 1.165) is 38.5 Å². The monoisotopic (exact) mass is 299 g/mol. The normalized spacial score (nSPS) is 17.2. The molecule has 0 bridgehead atoms. The van der Waals surface area contributed by atoms with Crippen LogP contribution in [0.15, 0.2) is 0 Å². The molecule has 0 aliphatic heterocycles. The van der Waals surface area contributed by atoms with Crippen molar-refractivity contribution in [1.82, 2.24) is 5.32 Å². The van der Waals surface area contributed by atoms with Crippen molar-refractivity contribution in [2.45, 2.75) is 77.4 Å². The first-order chi connectivity index (χ1) is 10.2. The molecule has 1 fully saturated rings. The predicted octanol–water partition coefficient (Wildman–Crippen LogP) is 2.57. The highest BCUT2D eigenvalue weighted by Crippen LogP contribution is 2.20. The lowest BCUT2D eigenvalue weighted by molar-refractivity contribution is -0.156. The standard InChI is InChI=1S/C16H29NO4/c1-3-5-11-17-14(16(19)20-4-2)12-15(18)21-13-9-7-6-8-10-13/h13-14,17H,3-12H2,1-2H3. The van der Waals surface area contributed by atoms with Crippen LogP contribution in [0.25, 0.3) is 0 Å². The largest absolute Gasteiger partial charge is 0.465 e. The fourth-order valence-corrected chi connectivity index (χ4v) is 2.52. The number of nitrogens with one attached hydrogen (secondary N) is 1. The summed E-state index contributed by atoms with van der Waals surface area (Å²) in [4.78, 5) is 23.9. The molecule has 122 valence electrons. The molecule has 5 nitrogen and oxygen atoms in total. The Bertz CT molecular complexity index is 313. The molecule has 0 aromatic carbocycles. The molecular formula is C16H29NO4. The van der Waals surface area contributed by atoms with Crippen LogP contribution in [0.4, 0.5) is 0 Å². The summed E-state index contributed by atoms with van der Waals surface area (Å²) in [6, 6.07) is -0.590. The van der Waals surface area contributed by atoms with Crippen molar-refractivity contribution < 1.29 is 19.1 Å². The Hall–Kier alpha value is -1.10. The predicted molar refractivity (Wildman–Crippen MR) is 80.9 cm³/mol. The third kappa shape index (κ3) is 7.46. The summed E-state index contributed by atoms with van der Waals surface area (Å²) >= 11 is 0. The minimum absolute atomic E-state index is 0.0322. The zero-order valence-electron chi connectivity index (χ0n) is 13.4. The Morgan fingerprint density at radius 2 is 1.90 bits per heavy atom. The molecule has 0 aromatic rings. The number of unbranched alkanes of at least 4 members (excludes halogenated alkanes) is 1. The van der Waals surface area contributed by atoms with Gasteiger partial charge < -0.3 is 14.8 Å². The fraction of sp³-hybridized carbons (Fsp3) is 0.875. The number of carbonyl (C=O) groups excluding carboxylic acids is 2. The highest BCUT2D eigenvalue weighted by Gasteiger charge is 2.25. The Kier molecular flexibility index (Phi) is 9.06. The second kappa shape index (κ2) is 10.6. The molecule has 0 aromatic heterocycles. The maximum absolute atomic E-state index is 12.0. The van der Waals surface area contributed by atoms with Gasteiger partial charge >= 0.3 is 11.9 Å². The first-order valence-corrected chi connectivity index (χ1v) is 8.26. The minimum atomic E-state index is -0.590. The first-order valence-electron chi connectivity index (χ1n) is 8.26. The molecule has 1 atom stereocenters. The highest BCUT2D eigenvalue weighted by atomic mass is 16.5. The minimum Gasteiger partial charge on any atom is -0.465 e. The van der Waals surface area contributed by atoms with Crippen LogP contribution in [0.2, 0.25) is 0 Å². The van der Waals surface area contributed by atoms with E-state index in [2.05, 4.69) is 12.2 Å². The molecule has 1 aliphatic rings. The van der Waals surface area contributed by atoms with Gasteiger partial charge in [0, 0.05) is 0 Å². The number of ether oxygens (including phenoxy) is 2. The third-order valence-electron chi connectivity index (χ3n) is 3.71. The van der Waals surface area contributed by atoms with Crippen LogP contribution in [-0.4, -0.2) is 37.2 Å². The van der Waals surface area contributed by atoms with Gasteiger partial charge in [0.25, 0.3) is 0 Å². The van der Waals surface area contributed by atoms with E-state index in [1.165, 1.54) is 6.42 Å². The van der Waals surface area contributed by atoms with E-state index in [-0.39, 0.29) is 24.5 Å². The number of rotatable bonds is 9. The number of hydrogen-bond acceptors (Lipinski definition) is 5. The number of hydrogen-bond donors (Lipinski definition) is 1. The highest BCUT2D eigenvalue weighted by molar-refractivity contribution is 5.82. The Balaban J connectivity index is 2.41. The van der Waals surface area contributed by atoms with Crippen LogP contribution in [0.5, 0.6) is 0 Å². The van der Waals surface area contributed by atoms with Crippen molar-refractivity contribution in [3.05, 3.63) is 0 Å². The summed E-state index contributed by atoms with van der Waals surface area (Å²) in [6.07, 6.45) is 7.43. The molecule has 5 heteroatoms. The van der Waals surface area contributed by atoms with E-state index >= 15 is 0 Å². The number of carbonyl (C=O) groups is 2. The van der Waals surface area contributed by atoms with Crippen LogP contribution in [-0.2, 0) is 19.1 Å². The van der Waals surface area contributed by atoms with Gasteiger partial charge in [0.15, 0.2) is 0 Å². The van der Waals surface area contributed by atoms with E-state index in [9.17, 15) is 9.59 Å². The van der Waals surface area contributed by atoms with Crippen LogP contribution in [0.3, 0.4) is 0 Å². The molecule has 0 radical (unpaired) electrons. The van der Waals surface area contributed by atoms with Crippen LogP contribution >= 0.6 is 0 Å². The zero-order valence-corrected chi connectivity index (χ0v) is 13.4. The molecular weight excluding hydrogens is 270 g/mol. The lowest BCUT2D eigenvalue weighted by Crippen LogP contribution is -2.41. The maximum Gasteiger partial charge on any atom is 0.323 e. The fourth-order valence-electron chi connectivity index (χ4n) is 2.52. The lowest BCUT2D eigenvalue weighted by Gasteiger charge is -2.23. The van der Waals surface area contributed by atoms with Gasteiger partial charge in [0.05, 0.1) is 13.0 Å². The summed E-state index contributed by atoms with van der Waals surface area (Å²) < 4.78 is 10.5. The average molecular weight is 299 g/mol. The van der Waals surface area contributed by atoms with Gasteiger partial charge in [-0.05, 0) is 45.6 Å². The van der Waals surface area contributed by atoms with Crippen LogP contribution in [0, 0.1) is 0 Å². The third-order valence-corrected chi connectivity index (χ3v) is 3.71. The second-order valence-electron chi connectivity index (χ2n) is 5.57. The maximum atomic E-state index is 12.0. The SMILES string of the molecule is CCCCNC(CC(=O)OC1CCCCC1)C(=O)OCC. The van der Waals surface area contributed by atoms with Gasteiger partial charge in [-0.15, -0.1) is 0 Å². The van der Waals surface area contributed by atoms with Gasteiger partial charge in [-0.25, -0.2) is 0 Å². The zero-order chi connectivity index (χ0) is 15.5. The van der Waals surface area contributed by atoms with Crippen molar-refractivity contribution in [2.75, 3.05) is 13.2 Å². The quantitative estimate of drug-likeness (QED) is 0.523. The van der Waals surface area contributed by atoms with E-state index in [0.29, 0.717) is 13.2 Å². The Morgan fingerprint density at radius 1 is 1.19 bits per heavy atom. The summed E-state index contributed by atoms with van der Waals surface area (Å²) in [5.74, 6) is -0.668. The second-order valence-corrected chi connectivity index (χ2v) is 5.57. The Morgan fingerprint density at radius 3 is 2.52 bits per heavy atom. The summed E-state index contributed by atoms with van der Waals surface area (Å²) in [6.45, 7) is 4.87. The van der Waals surface area contributed by atoms with Crippen molar-refractivity contribution in [2.24, 2.45) is 0 Å². The van der Waals surface area contributed by atoms with Gasteiger partial charge in [-0.3, -0.25) is 9.59 Å². The van der Waals surface area contributed by atoms with Crippen molar-refractivity contribution in [1.29, 1.82) is 0 Å². The summed E-state index contributed by atoms with van der Waals surface area (Å²) in [5.41, 5.74) is 0. The van der Waals surface area contributed by atoms with Crippen molar-refractivity contribution in [3.8, 4) is 0 Å². The smallest absolute Gasteiger partial charge is 0.323 e. The molecule has 21 heavy (non-hydrogen) atoms. The average Bonchev–Trinajstić information content (AvgIpc) is 2.47. The topological polar surface area (TPSA) is 64.6 Å². The molecule has 1 saturated carbocycles. The lowest BCUT2D eigenvalue weighted by atomic mass is 9.98. The molecule has 1 unspecified atom stereocenters. The summed E-state index contributed by atoms with van der Waals surface area (Å²) in [5, 5.41) is 3.10. The molecule has 0 saturated heterocycles. The van der Waals surface area contributed by atoms with Crippen molar-refractivity contribution >= 4 is 11.9 Å². The van der Waals surface area contributed by atoms with E-state index in [1.807, 2.05) is 0 Å². The van der Waals surface area contributed by atoms with Gasteiger partial charge in [-0.2, -0.15) is 0 Å². The molecule has 0 amide bonds. The van der Waals surface area contributed by atoms with E-state index < -0.39 is 6.04 Å². The van der Waals surface area contributed by atoms with Gasteiger partial charge in [-0.1, -0.05) is 19.8 Å². The first kappa shape index (κ1) is 18.0. The molecule has 1 rings (SSSR count). The molecule has 1 aliphatic carbocycles. The molecule has 0 spiro atoms. The van der Waals surface area contributed by atoms with Crippen molar-refractivity contribution in [3.63, 3.8) is 0 Å². The van der Waals surface area contributed by atoms with Gasteiger partial charge in [0.1, 0.15) is 12.1 Å². The Labute approximate surface area is 127 Å². The van der Waals surface area contributed by atoms with Crippen LogP contribution < -0.4 is 5.32 Å². The number of esters is 2. The molecule has 0 heterocycles.